The van der Waals surface area contributed by atoms with Gasteiger partial charge >= 0.3 is 0 Å². The molecule has 0 aliphatic rings. The molecule has 4 nitrogen and oxygen atoms in total. The fraction of sp³-hybridized carbons (Fsp3) is 0.529. The van der Waals surface area contributed by atoms with Crippen molar-refractivity contribution in [2.45, 2.75) is 52.6 Å². The highest BCUT2D eigenvalue weighted by atomic mass is 16.3. The molecule has 2 heterocycles. The first kappa shape index (κ1) is 15.7. The first-order valence-electron chi connectivity index (χ1n) is 7.62. The van der Waals surface area contributed by atoms with Gasteiger partial charge in [-0.05, 0) is 50.3 Å². The van der Waals surface area contributed by atoms with Crippen LogP contribution < -0.4 is 0 Å². The van der Waals surface area contributed by atoms with E-state index in [0.29, 0.717) is 6.42 Å². The van der Waals surface area contributed by atoms with Crippen LogP contribution in [0.5, 0.6) is 0 Å². The first-order valence-corrected chi connectivity index (χ1v) is 7.62. The maximum Gasteiger partial charge on any atom is 0.0628 e. The molecule has 4 heteroatoms. The predicted molar refractivity (Wildman–Crippen MR) is 84.3 cm³/mol. The molecule has 0 amide bonds. The van der Waals surface area contributed by atoms with E-state index in [1.807, 2.05) is 30.9 Å². The number of aromatic nitrogens is 3. The van der Waals surface area contributed by atoms with Gasteiger partial charge in [0, 0.05) is 31.1 Å². The molecule has 0 aromatic carbocycles. The van der Waals surface area contributed by atoms with Crippen LogP contribution in [-0.2, 0) is 26.3 Å². The van der Waals surface area contributed by atoms with Gasteiger partial charge in [0.1, 0.15) is 0 Å². The number of rotatable bonds is 6. The minimum atomic E-state index is -0.357. The van der Waals surface area contributed by atoms with Gasteiger partial charge in [0.2, 0.25) is 0 Å². The summed E-state index contributed by atoms with van der Waals surface area (Å²) in [4.78, 5) is 4.41. The van der Waals surface area contributed by atoms with Gasteiger partial charge in [-0.25, -0.2) is 0 Å². The van der Waals surface area contributed by atoms with E-state index in [1.54, 1.807) is 0 Å². The Balaban J connectivity index is 1.90. The second-order valence-corrected chi connectivity index (χ2v) is 5.68. The predicted octanol–water partition coefficient (Wildman–Crippen LogP) is 2.53. The highest BCUT2D eigenvalue weighted by Crippen LogP contribution is 2.16. The molecule has 2 aromatic heterocycles. The first-order chi connectivity index (χ1) is 10.0. The number of nitrogens with zero attached hydrogens (tertiary/aromatic N) is 3. The van der Waals surface area contributed by atoms with Crippen molar-refractivity contribution in [3.63, 3.8) is 0 Å². The number of pyridine rings is 1. The molecule has 1 atom stereocenters. The van der Waals surface area contributed by atoms with Gasteiger partial charge in [0.05, 0.1) is 11.8 Å². The monoisotopic (exact) mass is 287 g/mol. The van der Waals surface area contributed by atoms with Crippen LogP contribution in [0.25, 0.3) is 0 Å². The lowest BCUT2D eigenvalue weighted by atomic mass is 10.0. The van der Waals surface area contributed by atoms with Gasteiger partial charge in [-0.15, -0.1) is 0 Å². The molecule has 0 bridgehead atoms. The molecular weight excluding hydrogens is 262 g/mol. The highest BCUT2D eigenvalue weighted by molar-refractivity contribution is 5.24. The average molecular weight is 287 g/mol. The van der Waals surface area contributed by atoms with Crippen LogP contribution in [-0.4, -0.2) is 26.0 Å². The minimum absolute atomic E-state index is 0.357. The van der Waals surface area contributed by atoms with Crippen molar-refractivity contribution in [3.8, 4) is 0 Å². The van der Waals surface area contributed by atoms with Gasteiger partial charge in [-0.3, -0.25) is 9.67 Å². The third kappa shape index (κ3) is 3.91. The molecule has 0 saturated heterocycles. The van der Waals surface area contributed by atoms with E-state index in [9.17, 15) is 5.11 Å². The summed E-state index contributed by atoms with van der Waals surface area (Å²) in [5.74, 6) is 0. The highest BCUT2D eigenvalue weighted by Gasteiger charge is 2.12. The van der Waals surface area contributed by atoms with E-state index in [4.69, 9.17) is 0 Å². The maximum atomic E-state index is 10.2. The third-order valence-electron chi connectivity index (χ3n) is 4.13. The molecule has 2 aromatic rings. The largest absolute Gasteiger partial charge is 0.393 e. The SMILES string of the molecule is CCc1ccc(CC(O)CCc2c(C)nn(C)c2C)nc1. The van der Waals surface area contributed by atoms with E-state index in [2.05, 4.69) is 30.0 Å². The molecule has 1 unspecified atom stereocenters. The lowest BCUT2D eigenvalue weighted by Crippen LogP contribution is -2.13. The number of hydrogen-bond donors (Lipinski definition) is 1. The van der Waals surface area contributed by atoms with Crippen LogP contribution >= 0.6 is 0 Å². The molecule has 1 N–H and O–H groups in total. The zero-order valence-corrected chi connectivity index (χ0v) is 13.4. The Morgan fingerprint density at radius 1 is 1.29 bits per heavy atom. The van der Waals surface area contributed by atoms with E-state index >= 15 is 0 Å². The normalized spacial score (nSPS) is 12.6. The standard InChI is InChI=1S/C17H25N3O/c1-5-14-6-7-15(18-11-14)10-16(21)8-9-17-12(2)19-20(4)13(17)3/h6-7,11,16,21H,5,8-10H2,1-4H3. The summed E-state index contributed by atoms with van der Waals surface area (Å²) in [5.41, 5.74) is 5.69. The summed E-state index contributed by atoms with van der Waals surface area (Å²) >= 11 is 0. The maximum absolute atomic E-state index is 10.2. The van der Waals surface area contributed by atoms with Crippen LogP contribution in [0.1, 0.15) is 41.6 Å². The fourth-order valence-corrected chi connectivity index (χ4v) is 2.62. The van der Waals surface area contributed by atoms with Crippen molar-refractivity contribution in [1.82, 2.24) is 14.8 Å². The van der Waals surface area contributed by atoms with E-state index in [-0.39, 0.29) is 6.10 Å². The van der Waals surface area contributed by atoms with Gasteiger partial charge in [-0.1, -0.05) is 13.0 Å². The second kappa shape index (κ2) is 6.85. The Kier molecular flexibility index (Phi) is 5.12. The summed E-state index contributed by atoms with van der Waals surface area (Å²) in [5, 5.41) is 14.6. The smallest absolute Gasteiger partial charge is 0.0628 e. The summed E-state index contributed by atoms with van der Waals surface area (Å²) in [6.07, 6.45) is 4.75. The molecule has 0 saturated carbocycles. The number of aryl methyl sites for hydroxylation is 3. The summed E-state index contributed by atoms with van der Waals surface area (Å²) in [6.45, 7) is 6.22. The summed E-state index contributed by atoms with van der Waals surface area (Å²) in [6, 6.07) is 4.10. The number of aliphatic hydroxyl groups excluding tert-OH is 1. The van der Waals surface area contributed by atoms with Crippen molar-refractivity contribution in [3.05, 3.63) is 46.5 Å². The molecule has 2 rings (SSSR count). The molecule has 0 fully saturated rings. The molecule has 0 radical (unpaired) electrons. The average Bonchev–Trinajstić information content (AvgIpc) is 2.71. The Morgan fingerprint density at radius 2 is 2.05 bits per heavy atom. The van der Waals surface area contributed by atoms with Crippen molar-refractivity contribution < 1.29 is 5.11 Å². The lowest BCUT2D eigenvalue weighted by Gasteiger charge is -2.10. The number of aliphatic hydroxyl groups is 1. The van der Waals surface area contributed by atoms with Crippen LogP contribution in [0.2, 0.25) is 0 Å². The van der Waals surface area contributed by atoms with Crippen molar-refractivity contribution in [1.29, 1.82) is 0 Å². The Hall–Kier alpha value is -1.68. The van der Waals surface area contributed by atoms with Crippen LogP contribution in [0.3, 0.4) is 0 Å². The molecule has 0 aliphatic carbocycles. The zero-order chi connectivity index (χ0) is 15.4. The van der Waals surface area contributed by atoms with Crippen molar-refractivity contribution in [2.24, 2.45) is 7.05 Å². The van der Waals surface area contributed by atoms with Crippen molar-refractivity contribution >= 4 is 0 Å². The van der Waals surface area contributed by atoms with E-state index in [0.717, 1.165) is 30.7 Å². The molecule has 21 heavy (non-hydrogen) atoms. The summed E-state index contributed by atoms with van der Waals surface area (Å²) < 4.78 is 1.90. The van der Waals surface area contributed by atoms with Crippen LogP contribution in [0.15, 0.2) is 18.3 Å². The van der Waals surface area contributed by atoms with Gasteiger partial charge in [0.25, 0.3) is 0 Å². The minimum Gasteiger partial charge on any atom is -0.393 e. The quantitative estimate of drug-likeness (QED) is 0.888. The lowest BCUT2D eigenvalue weighted by molar-refractivity contribution is 0.164. The summed E-state index contributed by atoms with van der Waals surface area (Å²) in [7, 11) is 1.96. The van der Waals surface area contributed by atoms with E-state index in [1.165, 1.54) is 16.8 Å². The molecular formula is C17H25N3O. The Bertz CT molecular complexity index is 587. The zero-order valence-electron chi connectivity index (χ0n) is 13.4. The molecule has 0 aliphatic heterocycles. The van der Waals surface area contributed by atoms with Crippen LogP contribution in [0.4, 0.5) is 0 Å². The van der Waals surface area contributed by atoms with Gasteiger partial charge in [0.15, 0.2) is 0 Å². The number of hydrogen-bond acceptors (Lipinski definition) is 3. The molecule has 0 spiro atoms. The Labute approximate surface area is 126 Å². The molecule has 114 valence electrons. The van der Waals surface area contributed by atoms with Crippen LogP contribution in [0, 0.1) is 13.8 Å². The van der Waals surface area contributed by atoms with E-state index < -0.39 is 0 Å². The van der Waals surface area contributed by atoms with Crippen molar-refractivity contribution in [2.75, 3.05) is 0 Å². The van der Waals surface area contributed by atoms with Gasteiger partial charge < -0.3 is 5.11 Å². The third-order valence-corrected chi connectivity index (χ3v) is 4.13. The topological polar surface area (TPSA) is 50.9 Å². The van der Waals surface area contributed by atoms with Gasteiger partial charge in [-0.2, -0.15) is 5.10 Å². The fourth-order valence-electron chi connectivity index (χ4n) is 2.62. The Morgan fingerprint density at radius 3 is 2.57 bits per heavy atom. The second-order valence-electron chi connectivity index (χ2n) is 5.68.